The summed E-state index contributed by atoms with van der Waals surface area (Å²) in [7, 11) is 6.10. The summed E-state index contributed by atoms with van der Waals surface area (Å²) < 4.78 is 16.4. The molecule has 23 nitrogen and oxygen atoms in total. The molecule has 0 saturated carbocycles. The highest BCUT2D eigenvalue weighted by Gasteiger charge is 2.46. The van der Waals surface area contributed by atoms with Crippen LogP contribution in [0.15, 0.2) is 170 Å². The number of carbonyl (C=O) groups excluding carboxylic acids is 10. The largest absolute Gasteiger partial charge is 0.497 e. The number of amides is 12. The van der Waals surface area contributed by atoms with E-state index in [2.05, 4.69) is 95.5 Å². The second-order valence-corrected chi connectivity index (χ2v) is 39.0. The molecule has 27 heteroatoms. The van der Waals surface area contributed by atoms with Crippen molar-refractivity contribution in [3.8, 4) is 5.75 Å². The number of aliphatic hydroxyl groups excluding tert-OH is 2. The van der Waals surface area contributed by atoms with Crippen LogP contribution in [0.2, 0.25) is 0 Å². The molecule has 4 N–H and O–H groups in total. The van der Waals surface area contributed by atoms with Crippen molar-refractivity contribution in [1.82, 2.24) is 20.4 Å². The summed E-state index contributed by atoms with van der Waals surface area (Å²) in [6.45, 7) is 15.3. The molecule has 8 heterocycles. The number of methoxy groups -OCH3 is 2. The fraction of sp³-hybridized carbons (Fsp3) is 0.456. The molecule has 130 heavy (non-hydrogen) atoms. The molecule has 5 aromatic carbocycles. The predicted molar refractivity (Wildman–Crippen MR) is 520 cm³/mol. The quantitative estimate of drug-likeness (QED) is 0.0119. The third-order valence-electron chi connectivity index (χ3n) is 24.0. The van der Waals surface area contributed by atoms with Crippen LogP contribution >= 0.6 is 45.3 Å². The number of hydrogen-bond acceptors (Lipinski definition) is 19. The molecule has 4 fully saturated rings. The number of urea groups is 4. The molecular weight excluding hydrogens is 1720 g/mol. The van der Waals surface area contributed by atoms with Crippen molar-refractivity contribution in [2.75, 3.05) is 47.9 Å². The summed E-state index contributed by atoms with van der Waals surface area (Å²) in [6.07, 6.45) is 23.7. The molecule has 4 saturated heterocycles. The maximum atomic E-state index is 13.1. The molecule has 9 aromatic rings. The first kappa shape index (κ1) is 102. The number of nitrogens with zero attached hydrogens (tertiary/aromatic N) is 6. The number of rotatable bonds is 45. The number of anilines is 4. The van der Waals surface area contributed by atoms with Gasteiger partial charge in [-0.1, -0.05) is 147 Å². The van der Waals surface area contributed by atoms with Crippen molar-refractivity contribution >= 4 is 128 Å². The number of hydrogen-bond donors (Lipinski definition) is 4. The first-order chi connectivity index (χ1) is 62.8. The highest BCUT2D eigenvalue weighted by Crippen LogP contribution is 2.37. The van der Waals surface area contributed by atoms with Crippen LogP contribution in [0, 0.1) is 20.8 Å². The smallest absolute Gasteiger partial charge is 0.348 e. The zero-order valence-electron chi connectivity index (χ0n) is 77.2. The Labute approximate surface area is 782 Å². The maximum absolute atomic E-state index is 13.1. The maximum Gasteiger partial charge on any atom is 0.348 e. The molecular formula is C103H130N8O15S4. The summed E-state index contributed by atoms with van der Waals surface area (Å²) in [5.41, 5.74) is 7.21. The summed E-state index contributed by atoms with van der Waals surface area (Å²) in [6, 6.07) is 50.5. The number of ketones is 1. The van der Waals surface area contributed by atoms with Gasteiger partial charge in [0.15, 0.2) is 5.78 Å². The Morgan fingerprint density at radius 1 is 0.400 bits per heavy atom. The molecule has 0 spiro atoms. The minimum Gasteiger partial charge on any atom is -0.497 e. The van der Waals surface area contributed by atoms with Crippen molar-refractivity contribution < 1.29 is 72.4 Å². The van der Waals surface area contributed by atoms with Gasteiger partial charge in [-0.05, 0) is 267 Å². The third kappa shape index (κ3) is 28.5. The lowest BCUT2D eigenvalue weighted by molar-refractivity contribution is -0.127. The second-order valence-electron chi connectivity index (χ2n) is 33.7. The first-order valence-corrected chi connectivity index (χ1v) is 49.4. The van der Waals surface area contributed by atoms with Crippen molar-refractivity contribution in [2.45, 2.75) is 277 Å². The number of nitrogens with one attached hydrogen (secondary N) is 2. The van der Waals surface area contributed by atoms with Crippen LogP contribution in [-0.2, 0) is 60.9 Å². The monoisotopic (exact) mass is 1850 g/mol. The number of benzene rings is 5. The number of unbranched alkanes of at least 4 members (excludes halogenated alkanes) is 8. The average Bonchev–Trinajstić information content (AvgIpc) is 1.64. The number of esters is 1. The zero-order valence-corrected chi connectivity index (χ0v) is 80.5. The van der Waals surface area contributed by atoms with E-state index in [1.165, 1.54) is 69.5 Å². The van der Waals surface area contributed by atoms with Gasteiger partial charge < -0.3 is 24.4 Å². The minimum absolute atomic E-state index is 0.0808. The minimum atomic E-state index is -0.569. The molecule has 0 aliphatic carbocycles. The van der Waals surface area contributed by atoms with E-state index in [0.29, 0.717) is 84.7 Å². The number of ether oxygens (including phenoxy) is 3. The zero-order chi connectivity index (χ0) is 93.3. The number of thiophene rings is 4. The van der Waals surface area contributed by atoms with Crippen LogP contribution in [-0.4, -0.2) is 132 Å². The van der Waals surface area contributed by atoms with Gasteiger partial charge >= 0.3 is 30.1 Å². The van der Waals surface area contributed by atoms with Gasteiger partial charge in [0.1, 0.15) is 34.8 Å². The number of aryl methyl sites for hydroxylation is 7. The molecule has 7 atom stereocenters. The van der Waals surface area contributed by atoms with Gasteiger partial charge in [-0.15, -0.1) is 45.3 Å². The molecule has 13 rings (SSSR count). The lowest BCUT2D eigenvalue weighted by Gasteiger charge is -2.23. The van der Waals surface area contributed by atoms with Gasteiger partial charge in [0.05, 0.1) is 39.1 Å². The fourth-order valence-electron chi connectivity index (χ4n) is 16.5. The Hall–Kier alpha value is -10.5. The Kier molecular flexibility index (Phi) is 40.1. The van der Waals surface area contributed by atoms with E-state index >= 15 is 0 Å². The van der Waals surface area contributed by atoms with Crippen molar-refractivity contribution in [3.63, 3.8) is 0 Å². The molecule has 0 bridgehead atoms. The third-order valence-corrected chi connectivity index (χ3v) is 28.3. The van der Waals surface area contributed by atoms with Crippen LogP contribution in [0.4, 0.5) is 41.9 Å². The summed E-state index contributed by atoms with van der Waals surface area (Å²) in [5, 5.41) is 25.6. The summed E-state index contributed by atoms with van der Waals surface area (Å²) in [4.78, 5) is 143. The molecule has 12 amide bonds. The Balaban J connectivity index is 0.000000183. The highest BCUT2D eigenvalue weighted by atomic mass is 32.1. The Morgan fingerprint density at radius 2 is 0.762 bits per heavy atom. The van der Waals surface area contributed by atoms with Gasteiger partial charge in [0.2, 0.25) is 0 Å². The topological polar surface area (TPSA) is 282 Å². The lowest BCUT2D eigenvalue weighted by atomic mass is 10.0. The predicted octanol–water partition coefficient (Wildman–Crippen LogP) is 23.0. The Bertz CT molecular complexity index is 5160. The van der Waals surface area contributed by atoms with Gasteiger partial charge in [0, 0.05) is 83.0 Å². The number of aliphatic hydroxyl groups is 2. The average molecular weight is 1850 g/mol. The summed E-state index contributed by atoms with van der Waals surface area (Å²) >= 11 is 6.72. The van der Waals surface area contributed by atoms with Crippen LogP contribution < -0.4 is 35.0 Å². The van der Waals surface area contributed by atoms with E-state index in [0.717, 1.165) is 168 Å². The molecule has 0 radical (unpaired) electrons. The van der Waals surface area contributed by atoms with E-state index in [4.69, 9.17) is 14.2 Å². The number of Topliss-reactive ketones (excluding diaryl/α,β-unsaturated/α-hetero) is 1. The molecule has 7 unspecified atom stereocenters. The number of imide groups is 4. The SMILES string of the molecule is CCCCCC(=O)c1ccc(N2C(=O)NC(=O)C2CCCc2ccc(C)s2)cc1.CCCCCC(O)c1ccc(N2C(=O)N(C)C(=O)C2CCCc2ccc(C)s2)cc1.CCCCCC(O)c1ccc(N2C(=O)NC(=O)C2CCCc2ccc(C)s2)cc1.CCCCCC(OCc1ccc(OC)cc1)c1ccc(N2C(=O)N(C)C(=O)C2CCCc2ccc(C(=O)OC)s2)cc1. The van der Waals surface area contributed by atoms with Crippen LogP contribution in [0.5, 0.6) is 5.75 Å². The van der Waals surface area contributed by atoms with Crippen LogP contribution in [0.3, 0.4) is 0 Å². The first-order valence-electron chi connectivity index (χ1n) is 46.1. The van der Waals surface area contributed by atoms with Crippen molar-refractivity contribution in [1.29, 1.82) is 0 Å². The second kappa shape index (κ2) is 51.3. The van der Waals surface area contributed by atoms with E-state index in [9.17, 15) is 58.2 Å². The summed E-state index contributed by atoms with van der Waals surface area (Å²) in [5.74, 6) is -0.255. The molecule has 696 valence electrons. The van der Waals surface area contributed by atoms with Gasteiger partial charge in [-0.25, -0.2) is 24.0 Å². The van der Waals surface area contributed by atoms with E-state index in [1.54, 1.807) is 93.2 Å². The van der Waals surface area contributed by atoms with Crippen molar-refractivity contribution in [3.05, 3.63) is 237 Å². The van der Waals surface area contributed by atoms with E-state index in [1.807, 2.05) is 103 Å². The molecule has 4 aromatic heterocycles. The van der Waals surface area contributed by atoms with E-state index in [-0.39, 0.29) is 59.6 Å². The fourth-order valence-corrected chi connectivity index (χ4v) is 20.3. The Morgan fingerprint density at radius 3 is 1.15 bits per heavy atom. The number of likely N-dealkylation sites (N-methyl/N-ethyl adjacent to an activating group) is 2. The molecule has 4 aliphatic rings. The normalized spacial score (nSPS) is 16.8. The van der Waals surface area contributed by atoms with Gasteiger partial charge in [-0.3, -0.25) is 64.0 Å². The molecule has 4 aliphatic heterocycles. The highest BCUT2D eigenvalue weighted by molar-refractivity contribution is 7.14. The van der Waals surface area contributed by atoms with Gasteiger partial charge in [0.25, 0.3) is 23.6 Å². The van der Waals surface area contributed by atoms with Crippen LogP contribution in [0.1, 0.15) is 277 Å². The van der Waals surface area contributed by atoms with Crippen LogP contribution in [0.25, 0.3) is 0 Å². The lowest BCUT2D eigenvalue weighted by Crippen LogP contribution is -2.35. The standard InChI is InChI=1S/C33H40N2O6S.C24H32N2O3S.C23H30N2O3S.C23H28N2O3S/c1-5-6-7-11-29(41-22-23-12-18-26(39-3)19-13-23)24-14-16-25(17-15-24)35-28(31(36)34(2)33(35)38)10-8-9-27-20-21-30(42-27)32(37)40-4;1-4-5-6-10-22(27)18-12-14-19(15-13-18)26-21(23(28)25(3)24(26)29)9-7-8-20-16-11-17(2)30-20;2*1-3-4-5-9-21(26)17-11-13-18(14-12-17)25-20(22(27)24-23(25)28)8-6-7-19-15-10-16(2)29-19/h12-21,28-29H,5-11,22H2,1-4H3;11-16,21-22,27H,4-10H2,1-3H3;10-15,20-21,26H,3-9H2,1-2H3,(H,24,27,28);10-15,20H,3-9H2,1-2H3,(H,24,27,28). The van der Waals surface area contributed by atoms with E-state index < -0.39 is 42.4 Å². The van der Waals surface area contributed by atoms with Crippen molar-refractivity contribution in [2.24, 2.45) is 0 Å². The van der Waals surface area contributed by atoms with Gasteiger partial charge in [-0.2, -0.15) is 0 Å². The number of carbonyl (C=O) groups is 10.